The highest BCUT2D eigenvalue weighted by molar-refractivity contribution is 5.68. The first-order chi connectivity index (χ1) is 8.61. The number of halogens is 1. The topological polar surface area (TPSA) is 32.5 Å². The second-order valence-electron chi connectivity index (χ2n) is 5.07. The van der Waals surface area contributed by atoms with Crippen LogP contribution < -0.4 is 10.6 Å². The van der Waals surface area contributed by atoms with Crippen molar-refractivity contribution in [3.05, 3.63) is 24.0 Å². The van der Waals surface area contributed by atoms with E-state index in [2.05, 4.69) is 23.8 Å². The van der Waals surface area contributed by atoms with Gasteiger partial charge in [0.1, 0.15) is 5.82 Å². The molecule has 1 heterocycles. The van der Waals surface area contributed by atoms with Gasteiger partial charge < -0.3 is 15.5 Å². The number of hydrogen-bond acceptors (Lipinski definition) is 3. The number of hydrogen-bond donors (Lipinski definition) is 1. The van der Waals surface area contributed by atoms with E-state index in [0.717, 1.165) is 38.2 Å². The minimum absolute atomic E-state index is 0.216. The first kappa shape index (κ1) is 13.1. The van der Waals surface area contributed by atoms with E-state index in [0.29, 0.717) is 11.7 Å². The number of nitrogens with two attached hydrogens (primary N) is 1. The monoisotopic (exact) mass is 251 g/mol. The average Bonchev–Trinajstić information content (AvgIpc) is 2.53. The Morgan fingerprint density at radius 3 is 2.89 bits per heavy atom. The molecule has 0 saturated carbocycles. The van der Waals surface area contributed by atoms with E-state index >= 15 is 0 Å². The minimum Gasteiger partial charge on any atom is -0.397 e. The normalized spacial score (nSPS) is 21.9. The van der Waals surface area contributed by atoms with E-state index in [9.17, 15) is 4.39 Å². The van der Waals surface area contributed by atoms with Gasteiger partial charge in [0.05, 0.1) is 11.4 Å². The smallest absolute Gasteiger partial charge is 0.125 e. The first-order valence-electron chi connectivity index (χ1n) is 6.62. The lowest BCUT2D eigenvalue weighted by Crippen LogP contribution is -2.40. The molecule has 100 valence electrons. The van der Waals surface area contributed by atoms with Crippen molar-refractivity contribution in [1.29, 1.82) is 0 Å². The highest BCUT2D eigenvalue weighted by Gasteiger charge is 2.23. The number of benzene rings is 1. The van der Waals surface area contributed by atoms with Gasteiger partial charge in [-0.1, -0.05) is 6.92 Å². The van der Waals surface area contributed by atoms with Crippen LogP contribution in [0.4, 0.5) is 15.8 Å². The zero-order valence-electron chi connectivity index (χ0n) is 11.2. The lowest BCUT2D eigenvalue weighted by molar-refractivity contribution is 0.328. The van der Waals surface area contributed by atoms with Crippen molar-refractivity contribution >= 4 is 11.4 Å². The Labute approximate surface area is 108 Å². The minimum atomic E-state index is -0.216. The Balaban J connectivity index is 2.31. The van der Waals surface area contributed by atoms with Gasteiger partial charge in [-0.15, -0.1) is 0 Å². The summed E-state index contributed by atoms with van der Waals surface area (Å²) in [6.45, 7) is 5.21. The standard InChI is InChI=1S/C14H22FN3/c1-3-12-10-17(2)7-4-8-18(12)14-9-11(15)5-6-13(14)16/h5-6,9,12H,3-4,7-8,10,16H2,1-2H3. The average molecular weight is 251 g/mol. The largest absolute Gasteiger partial charge is 0.397 e. The van der Waals surface area contributed by atoms with Crippen LogP contribution in [-0.4, -0.2) is 37.6 Å². The van der Waals surface area contributed by atoms with Crippen molar-refractivity contribution in [3.8, 4) is 0 Å². The highest BCUT2D eigenvalue weighted by Crippen LogP contribution is 2.28. The summed E-state index contributed by atoms with van der Waals surface area (Å²) in [6.07, 6.45) is 2.13. The molecule has 1 aliphatic heterocycles. The Morgan fingerprint density at radius 2 is 2.17 bits per heavy atom. The van der Waals surface area contributed by atoms with Crippen LogP contribution in [0.2, 0.25) is 0 Å². The summed E-state index contributed by atoms with van der Waals surface area (Å²) in [6, 6.07) is 5.04. The molecule has 0 aromatic heterocycles. The third kappa shape index (κ3) is 2.75. The molecule has 2 N–H and O–H groups in total. The van der Waals surface area contributed by atoms with Crippen LogP contribution in [0, 0.1) is 5.82 Å². The maximum atomic E-state index is 13.4. The summed E-state index contributed by atoms with van der Waals surface area (Å²) in [4.78, 5) is 4.60. The van der Waals surface area contributed by atoms with E-state index in [1.165, 1.54) is 6.07 Å². The first-order valence-corrected chi connectivity index (χ1v) is 6.62. The Hall–Kier alpha value is -1.29. The maximum absolute atomic E-state index is 13.4. The summed E-state index contributed by atoms with van der Waals surface area (Å²) in [5.74, 6) is -0.216. The molecule has 0 spiro atoms. The highest BCUT2D eigenvalue weighted by atomic mass is 19.1. The summed E-state index contributed by atoms with van der Waals surface area (Å²) in [5.41, 5.74) is 7.51. The molecule has 0 aliphatic carbocycles. The second-order valence-corrected chi connectivity index (χ2v) is 5.07. The molecule has 4 heteroatoms. The predicted octanol–water partition coefficient (Wildman–Crippen LogP) is 2.33. The zero-order valence-corrected chi connectivity index (χ0v) is 11.2. The molecular formula is C14H22FN3. The summed E-state index contributed by atoms with van der Waals surface area (Å²) in [7, 11) is 2.14. The van der Waals surface area contributed by atoms with E-state index in [1.54, 1.807) is 12.1 Å². The van der Waals surface area contributed by atoms with Gasteiger partial charge in [-0.05, 0) is 44.6 Å². The van der Waals surface area contributed by atoms with Crippen molar-refractivity contribution in [2.75, 3.05) is 37.3 Å². The molecular weight excluding hydrogens is 229 g/mol. The molecule has 2 rings (SSSR count). The van der Waals surface area contributed by atoms with Crippen molar-refractivity contribution < 1.29 is 4.39 Å². The molecule has 0 radical (unpaired) electrons. The van der Waals surface area contributed by atoms with Gasteiger partial charge in [0.2, 0.25) is 0 Å². The SMILES string of the molecule is CCC1CN(C)CCCN1c1cc(F)ccc1N. The molecule has 0 amide bonds. The van der Waals surface area contributed by atoms with Crippen LogP contribution in [0.5, 0.6) is 0 Å². The number of likely N-dealkylation sites (N-methyl/N-ethyl adjacent to an activating group) is 1. The molecule has 1 aliphatic rings. The fourth-order valence-electron chi connectivity index (χ4n) is 2.68. The zero-order chi connectivity index (χ0) is 13.1. The van der Waals surface area contributed by atoms with E-state index in [1.807, 2.05) is 0 Å². The molecule has 18 heavy (non-hydrogen) atoms. The van der Waals surface area contributed by atoms with E-state index in [4.69, 9.17) is 5.73 Å². The summed E-state index contributed by atoms with van der Waals surface area (Å²) >= 11 is 0. The maximum Gasteiger partial charge on any atom is 0.125 e. The lowest BCUT2D eigenvalue weighted by atomic mass is 10.1. The van der Waals surface area contributed by atoms with Crippen LogP contribution in [0.25, 0.3) is 0 Å². The van der Waals surface area contributed by atoms with Crippen molar-refractivity contribution in [1.82, 2.24) is 4.90 Å². The van der Waals surface area contributed by atoms with Crippen molar-refractivity contribution in [2.45, 2.75) is 25.8 Å². The fourth-order valence-corrected chi connectivity index (χ4v) is 2.68. The molecule has 3 nitrogen and oxygen atoms in total. The molecule has 1 aromatic carbocycles. The molecule has 1 saturated heterocycles. The Morgan fingerprint density at radius 1 is 1.39 bits per heavy atom. The van der Waals surface area contributed by atoms with Crippen LogP contribution in [0.3, 0.4) is 0 Å². The van der Waals surface area contributed by atoms with Gasteiger partial charge in [0.15, 0.2) is 0 Å². The molecule has 1 unspecified atom stereocenters. The van der Waals surface area contributed by atoms with Gasteiger partial charge in [0.25, 0.3) is 0 Å². The Kier molecular flexibility index (Phi) is 4.07. The summed E-state index contributed by atoms with van der Waals surface area (Å²) < 4.78 is 13.4. The van der Waals surface area contributed by atoms with Gasteiger partial charge >= 0.3 is 0 Å². The molecule has 1 aromatic rings. The lowest BCUT2D eigenvalue weighted by Gasteiger charge is -2.33. The van der Waals surface area contributed by atoms with Gasteiger partial charge in [0, 0.05) is 19.1 Å². The van der Waals surface area contributed by atoms with Crippen molar-refractivity contribution in [2.24, 2.45) is 0 Å². The second kappa shape index (κ2) is 5.57. The summed E-state index contributed by atoms with van der Waals surface area (Å²) in [5, 5.41) is 0. The van der Waals surface area contributed by atoms with Crippen LogP contribution in [-0.2, 0) is 0 Å². The number of nitrogens with zero attached hydrogens (tertiary/aromatic N) is 2. The fraction of sp³-hybridized carbons (Fsp3) is 0.571. The molecule has 1 fully saturated rings. The van der Waals surface area contributed by atoms with Gasteiger partial charge in [-0.3, -0.25) is 0 Å². The number of rotatable bonds is 2. The van der Waals surface area contributed by atoms with Crippen molar-refractivity contribution in [3.63, 3.8) is 0 Å². The van der Waals surface area contributed by atoms with Crippen LogP contribution in [0.1, 0.15) is 19.8 Å². The predicted molar refractivity (Wildman–Crippen MR) is 74.4 cm³/mol. The van der Waals surface area contributed by atoms with Gasteiger partial charge in [-0.25, -0.2) is 4.39 Å². The van der Waals surface area contributed by atoms with Crippen LogP contribution >= 0.6 is 0 Å². The molecule has 0 bridgehead atoms. The van der Waals surface area contributed by atoms with E-state index in [-0.39, 0.29) is 5.82 Å². The van der Waals surface area contributed by atoms with E-state index < -0.39 is 0 Å². The van der Waals surface area contributed by atoms with Crippen LogP contribution in [0.15, 0.2) is 18.2 Å². The number of nitrogen functional groups attached to an aromatic ring is 1. The molecule has 1 atom stereocenters. The van der Waals surface area contributed by atoms with Gasteiger partial charge in [-0.2, -0.15) is 0 Å². The quantitative estimate of drug-likeness (QED) is 0.819. The number of anilines is 2. The third-order valence-corrected chi connectivity index (χ3v) is 3.68. The Bertz CT molecular complexity index is 408. The third-order valence-electron chi connectivity index (χ3n) is 3.68.